The standard InChI is InChI=1S/C46H73N5O10/c1-14-27(4)37-24-31(8)36(52)23-22-30(7)45(58)61-40(29(6)16-3)41(54)47-32(9)42(55)51(13)35(25-34-20-18-17-19-21-34)43(56)49(11)26-38(53)48-39(28(5)15-2)44(57)50(12)33(10)46(59)60-37/h17-22,27-29,31-33,35-37,39-40,52H,14-16,23-26H2,1-13H3,(H,47,54)(H,48,53)/b30-22+/t27-,28-,29-,31+,32-,33-,35?,36-,37+,39-,40+/m0/s1. The van der Waals surface area contributed by atoms with E-state index in [4.69, 9.17) is 9.47 Å². The van der Waals surface area contributed by atoms with Crippen LogP contribution in [-0.4, -0.2) is 131 Å². The summed E-state index contributed by atoms with van der Waals surface area (Å²) in [6, 6.07) is 4.73. The number of amides is 5. The molecule has 11 atom stereocenters. The number of likely N-dealkylation sites (N-methyl/N-ethyl adjacent to an activating group) is 3. The van der Waals surface area contributed by atoms with Gasteiger partial charge in [-0.05, 0) is 63.4 Å². The number of esters is 2. The van der Waals surface area contributed by atoms with Gasteiger partial charge in [0, 0.05) is 39.1 Å². The average molecular weight is 856 g/mol. The molecule has 1 aromatic rings. The Labute approximate surface area is 363 Å². The highest BCUT2D eigenvalue weighted by Gasteiger charge is 2.38. The quantitative estimate of drug-likeness (QED) is 0.322. The molecule has 1 aliphatic rings. The van der Waals surface area contributed by atoms with Crippen LogP contribution >= 0.6 is 0 Å². The highest BCUT2D eigenvalue weighted by molar-refractivity contribution is 5.96. The molecule has 61 heavy (non-hydrogen) atoms. The summed E-state index contributed by atoms with van der Waals surface area (Å²) >= 11 is 0. The molecule has 0 aliphatic carbocycles. The number of nitrogens with one attached hydrogen (secondary N) is 2. The van der Waals surface area contributed by atoms with E-state index in [2.05, 4.69) is 10.6 Å². The second-order valence-corrected chi connectivity index (χ2v) is 17.1. The third kappa shape index (κ3) is 15.0. The van der Waals surface area contributed by atoms with Crippen LogP contribution in [0.3, 0.4) is 0 Å². The molecule has 1 aliphatic heterocycles. The number of ether oxygens (including phenoxy) is 2. The van der Waals surface area contributed by atoms with Gasteiger partial charge in [0.25, 0.3) is 5.91 Å². The first kappa shape index (κ1) is 52.3. The van der Waals surface area contributed by atoms with Crippen LogP contribution < -0.4 is 10.6 Å². The number of hydrogen-bond donors (Lipinski definition) is 3. The largest absolute Gasteiger partial charge is 0.461 e. The fourth-order valence-corrected chi connectivity index (χ4v) is 6.96. The van der Waals surface area contributed by atoms with Crippen LogP contribution in [0.1, 0.15) is 107 Å². The summed E-state index contributed by atoms with van der Waals surface area (Å²) in [6.45, 7) is 17.1. The van der Waals surface area contributed by atoms with E-state index in [-0.39, 0.29) is 36.2 Å². The Kier molecular flexibility index (Phi) is 21.1. The number of carbonyl (C=O) groups excluding carboxylic acids is 7. The van der Waals surface area contributed by atoms with Crippen molar-refractivity contribution in [1.29, 1.82) is 0 Å². The summed E-state index contributed by atoms with van der Waals surface area (Å²) < 4.78 is 11.8. The van der Waals surface area contributed by atoms with E-state index in [1.54, 1.807) is 39.0 Å². The van der Waals surface area contributed by atoms with Gasteiger partial charge in [0.2, 0.25) is 23.6 Å². The fraction of sp³-hybridized carbons (Fsp3) is 0.674. The van der Waals surface area contributed by atoms with Crippen molar-refractivity contribution in [3.63, 3.8) is 0 Å². The van der Waals surface area contributed by atoms with Crippen LogP contribution in [0.4, 0.5) is 0 Å². The normalized spacial score (nSPS) is 29.3. The average Bonchev–Trinajstić information content (AvgIpc) is 3.25. The molecule has 1 heterocycles. The zero-order valence-corrected chi connectivity index (χ0v) is 38.7. The minimum atomic E-state index is -1.25. The second kappa shape index (κ2) is 24.6. The van der Waals surface area contributed by atoms with E-state index in [9.17, 15) is 38.7 Å². The topological polar surface area (TPSA) is 192 Å². The minimum Gasteiger partial charge on any atom is -0.461 e. The lowest BCUT2D eigenvalue weighted by molar-refractivity contribution is -0.162. The molecule has 342 valence electrons. The summed E-state index contributed by atoms with van der Waals surface area (Å²) in [6.07, 6.45) is 0.906. The van der Waals surface area contributed by atoms with Crippen LogP contribution in [0.2, 0.25) is 0 Å². The Morgan fingerprint density at radius 3 is 1.93 bits per heavy atom. The molecule has 0 saturated carbocycles. The summed E-state index contributed by atoms with van der Waals surface area (Å²) in [4.78, 5) is 100. The van der Waals surface area contributed by atoms with E-state index in [1.165, 1.54) is 49.7 Å². The van der Waals surface area contributed by atoms with Gasteiger partial charge >= 0.3 is 11.9 Å². The fourth-order valence-electron chi connectivity index (χ4n) is 6.96. The van der Waals surface area contributed by atoms with Crippen molar-refractivity contribution < 1.29 is 48.1 Å². The Hall–Kier alpha value is -4.79. The van der Waals surface area contributed by atoms with Crippen molar-refractivity contribution in [3.05, 3.63) is 47.5 Å². The molecule has 0 fully saturated rings. The number of cyclic esters (lactones) is 2. The first-order chi connectivity index (χ1) is 28.6. The van der Waals surface area contributed by atoms with Gasteiger partial charge in [-0.2, -0.15) is 0 Å². The lowest BCUT2D eigenvalue weighted by atomic mass is 9.88. The third-order valence-corrected chi connectivity index (χ3v) is 12.4. The number of nitrogens with zero attached hydrogens (tertiary/aromatic N) is 3. The van der Waals surface area contributed by atoms with Gasteiger partial charge in [-0.15, -0.1) is 0 Å². The van der Waals surface area contributed by atoms with Crippen LogP contribution in [0.15, 0.2) is 42.0 Å². The highest BCUT2D eigenvalue weighted by atomic mass is 16.6. The van der Waals surface area contributed by atoms with Gasteiger partial charge in [-0.25, -0.2) is 9.59 Å². The van der Waals surface area contributed by atoms with Crippen molar-refractivity contribution >= 4 is 41.5 Å². The monoisotopic (exact) mass is 856 g/mol. The third-order valence-electron chi connectivity index (χ3n) is 12.4. The van der Waals surface area contributed by atoms with E-state index in [0.717, 1.165) is 5.56 Å². The number of carbonyl (C=O) groups is 7. The first-order valence-corrected chi connectivity index (χ1v) is 21.8. The number of benzene rings is 1. The van der Waals surface area contributed by atoms with Gasteiger partial charge in [0.15, 0.2) is 6.10 Å². The van der Waals surface area contributed by atoms with Crippen molar-refractivity contribution in [2.45, 2.75) is 150 Å². The summed E-state index contributed by atoms with van der Waals surface area (Å²) in [5.41, 5.74) is 0.920. The Morgan fingerprint density at radius 2 is 1.36 bits per heavy atom. The van der Waals surface area contributed by atoms with Crippen molar-refractivity contribution in [2.24, 2.45) is 23.7 Å². The summed E-state index contributed by atoms with van der Waals surface area (Å²) in [5.74, 6) is -5.62. The molecule has 2 rings (SSSR count). The molecule has 1 unspecified atom stereocenters. The second-order valence-electron chi connectivity index (χ2n) is 17.1. The molecule has 0 aromatic heterocycles. The summed E-state index contributed by atoms with van der Waals surface area (Å²) in [7, 11) is 4.35. The number of aliphatic hydroxyl groups is 1. The maximum atomic E-state index is 14.2. The first-order valence-electron chi connectivity index (χ1n) is 21.8. The van der Waals surface area contributed by atoms with Crippen molar-refractivity contribution in [3.8, 4) is 0 Å². The molecule has 3 N–H and O–H groups in total. The Balaban J connectivity index is 2.63. The van der Waals surface area contributed by atoms with Crippen molar-refractivity contribution in [2.75, 3.05) is 27.7 Å². The van der Waals surface area contributed by atoms with Crippen LogP contribution in [0.5, 0.6) is 0 Å². The summed E-state index contributed by atoms with van der Waals surface area (Å²) in [5, 5.41) is 16.7. The molecule has 1 aromatic carbocycles. The predicted molar refractivity (Wildman–Crippen MR) is 232 cm³/mol. The molecular weight excluding hydrogens is 783 g/mol. The molecule has 5 amide bonds. The number of aliphatic hydroxyl groups excluding tert-OH is 1. The smallest absolute Gasteiger partial charge is 0.334 e. The van der Waals surface area contributed by atoms with Gasteiger partial charge in [0.1, 0.15) is 30.3 Å². The van der Waals surface area contributed by atoms with Gasteiger partial charge < -0.3 is 39.9 Å². The van der Waals surface area contributed by atoms with Gasteiger partial charge in [-0.3, -0.25) is 24.0 Å². The zero-order chi connectivity index (χ0) is 46.3. The maximum absolute atomic E-state index is 14.2. The number of rotatable bonds is 8. The Bertz CT molecular complexity index is 1690. The van der Waals surface area contributed by atoms with Crippen LogP contribution in [0, 0.1) is 23.7 Å². The maximum Gasteiger partial charge on any atom is 0.334 e. The van der Waals surface area contributed by atoms with Crippen LogP contribution in [-0.2, 0) is 49.5 Å². The van der Waals surface area contributed by atoms with Crippen LogP contribution in [0.25, 0.3) is 0 Å². The molecule has 0 spiro atoms. The molecule has 0 saturated heterocycles. The van der Waals surface area contributed by atoms with E-state index in [1.807, 2.05) is 52.8 Å². The van der Waals surface area contributed by atoms with E-state index in [0.29, 0.717) is 25.7 Å². The lowest BCUT2D eigenvalue weighted by Gasteiger charge is -2.34. The lowest BCUT2D eigenvalue weighted by Crippen LogP contribution is -2.58. The zero-order valence-electron chi connectivity index (χ0n) is 38.7. The Morgan fingerprint density at radius 1 is 0.770 bits per heavy atom. The molecule has 15 nitrogen and oxygen atoms in total. The molecule has 0 radical (unpaired) electrons. The predicted octanol–water partition coefficient (Wildman–Crippen LogP) is 4.05. The minimum absolute atomic E-state index is 0.0791. The molecule has 0 bridgehead atoms. The van der Waals surface area contributed by atoms with Gasteiger partial charge in [-0.1, -0.05) is 97.7 Å². The highest BCUT2D eigenvalue weighted by Crippen LogP contribution is 2.25. The number of hydrogen-bond acceptors (Lipinski definition) is 10. The SMILES string of the molecule is CC[C@H](C)[C@@H]1NC(=O)CN(C)C(=O)C(Cc2ccccc2)N(C)C(=O)[C@H](C)NC(=O)[C@@H]([C@@H](C)CC)OC(=O)/C(C)=C/C[C@H](O)[C@H](C)C[C@H]([C@@H](C)CC)OC(=O)[C@H](C)N(C)C1=O. The van der Waals surface area contributed by atoms with Crippen molar-refractivity contribution in [1.82, 2.24) is 25.3 Å². The molecular formula is C46H73N5O10. The molecule has 15 heteroatoms. The van der Waals surface area contributed by atoms with E-state index < -0.39 is 96.4 Å². The van der Waals surface area contributed by atoms with Gasteiger partial charge in [0.05, 0.1) is 12.6 Å². The van der Waals surface area contributed by atoms with E-state index >= 15 is 0 Å².